The van der Waals surface area contributed by atoms with E-state index in [-0.39, 0.29) is 18.2 Å². The predicted octanol–water partition coefficient (Wildman–Crippen LogP) is 2.03. The number of nitrogens with zero attached hydrogens (tertiary/aromatic N) is 2. The molecule has 0 bridgehead atoms. The summed E-state index contributed by atoms with van der Waals surface area (Å²) < 4.78 is 0. The Morgan fingerprint density at radius 1 is 1.23 bits per heavy atom. The molecule has 2 N–H and O–H groups in total. The number of hydrogen-bond donors (Lipinski definition) is 2. The summed E-state index contributed by atoms with van der Waals surface area (Å²) in [7, 11) is 0. The first-order valence-electron chi connectivity index (χ1n) is 9.09. The molecule has 2 heterocycles. The lowest BCUT2D eigenvalue weighted by molar-refractivity contribution is -0.132. The van der Waals surface area contributed by atoms with Gasteiger partial charge in [-0.15, -0.1) is 0 Å². The SMILES string of the molecule is CCN1CCN(C(=O)CCNC(=O)Cc2c[nH]c3ccc(Cl)cc23)CC1. The van der Waals surface area contributed by atoms with Crippen molar-refractivity contribution in [3.8, 4) is 0 Å². The summed E-state index contributed by atoms with van der Waals surface area (Å²) in [5, 5.41) is 4.45. The Hall–Kier alpha value is -2.05. The molecule has 7 heteroatoms. The van der Waals surface area contributed by atoms with E-state index in [0.717, 1.165) is 49.2 Å². The topological polar surface area (TPSA) is 68.4 Å². The molecule has 6 nitrogen and oxygen atoms in total. The summed E-state index contributed by atoms with van der Waals surface area (Å²) >= 11 is 6.04. The molecule has 2 amide bonds. The van der Waals surface area contributed by atoms with E-state index in [1.54, 1.807) is 0 Å². The number of H-pyrrole nitrogens is 1. The summed E-state index contributed by atoms with van der Waals surface area (Å²) in [6.45, 7) is 6.93. The molecule has 3 rings (SSSR count). The van der Waals surface area contributed by atoms with Gasteiger partial charge in [-0.25, -0.2) is 0 Å². The molecule has 1 aromatic carbocycles. The van der Waals surface area contributed by atoms with Crippen LogP contribution in [0.4, 0.5) is 0 Å². The van der Waals surface area contributed by atoms with Crippen molar-refractivity contribution in [2.75, 3.05) is 39.3 Å². The number of amides is 2. The van der Waals surface area contributed by atoms with E-state index in [9.17, 15) is 9.59 Å². The number of halogens is 1. The number of benzene rings is 1. The molecular formula is C19H25ClN4O2. The number of fused-ring (bicyclic) bond motifs is 1. The summed E-state index contributed by atoms with van der Waals surface area (Å²) in [4.78, 5) is 31.8. The number of aromatic nitrogens is 1. The molecule has 140 valence electrons. The van der Waals surface area contributed by atoms with Crippen LogP contribution < -0.4 is 5.32 Å². The van der Waals surface area contributed by atoms with Crippen LogP contribution in [0.3, 0.4) is 0 Å². The number of carbonyl (C=O) groups excluding carboxylic acids is 2. The first-order valence-corrected chi connectivity index (χ1v) is 9.47. The van der Waals surface area contributed by atoms with Gasteiger partial charge in [0.2, 0.25) is 11.8 Å². The first-order chi connectivity index (χ1) is 12.6. The molecule has 1 fully saturated rings. The lowest BCUT2D eigenvalue weighted by atomic mass is 10.1. The van der Waals surface area contributed by atoms with Gasteiger partial charge in [0.05, 0.1) is 6.42 Å². The van der Waals surface area contributed by atoms with Gasteiger partial charge in [0.15, 0.2) is 0 Å². The molecule has 1 aliphatic heterocycles. The minimum Gasteiger partial charge on any atom is -0.361 e. The quantitative estimate of drug-likeness (QED) is 0.810. The summed E-state index contributed by atoms with van der Waals surface area (Å²) in [6.07, 6.45) is 2.44. The number of rotatable bonds is 6. The third-order valence-electron chi connectivity index (χ3n) is 4.91. The molecule has 0 saturated carbocycles. The zero-order valence-electron chi connectivity index (χ0n) is 15.1. The highest BCUT2D eigenvalue weighted by Crippen LogP contribution is 2.22. The number of nitrogens with one attached hydrogen (secondary N) is 2. The van der Waals surface area contributed by atoms with Crippen LogP contribution in [0, 0.1) is 0 Å². The monoisotopic (exact) mass is 376 g/mol. The molecule has 0 unspecified atom stereocenters. The fraction of sp³-hybridized carbons (Fsp3) is 0.474. The van der Waals surface area contributed by atoms with Crippen LogP contribution in [-0.2, 0) is 16.0 Å². The van der Waals surface area contributed by atoms with Crippen molar-refractivity contribution in [3.63, 3.8) is 0 Å². The fourth-order valence-electron chi connectivity index (χ4n) is 3.31. The van der Waals surface area contributed by atoms with Gasteiger partial charge >= 0.3 is 0 Å². The van der Waals surface area contributed by atoms with Gasteiger partial charge in [0, 0.05) is 61.3 Å². The van der Waals surface area contributed by atoms with Crippen LogP contribution in [0.5, 0.6) is 0 Å². The maximum atomic E-state index is 12.2. The second-order valence-electron chi connectivity index (χ2n) is 6.60. The van der Waals surface area contributed by atoms with Gasteiger partial charge in [0.25, 0.3) is 0 Å². The van der Waals surface area contributed by atoms with Gasteiger partial charge < -0.3 is 20.1 Å². The average molecular weight is 377 g/mol. The number of hydrogen-bond acceptors (Lipinski definition) is 3. The minimum absolute atomic E-state index is 0.0884. The Morgan fingerprint density at radius 3 is 2.73 bits per heavy atom. The Morgan fingerprint density at radius 2 is 2.00 bits per heavy atom. The Labute approximate surface area is 158 Å². The van der Waals surface area contributed by atoms with Crippen LogP contribution in [-0.4, -0.2) is 65.9 Å². The standard InChI is InChI=1S/C19H25ClN4O2/c1-2-23-7-9-24(10-8-23)19(26)5-6-21-18(25)11-14-13-22-17-4-3-15(20)12-16(14)17/h3-4,12-13,22H,2,5-11H2,1H3,(H,21,25). The number of likely N-dealkylation sites (N-methyl/N-ethyl adjacent to an activating group) is 1. The van der Waals surface area contributed by atoms with E-state index < -0.39 is 0 Å². The van der Waals surface area contributed by atoms with E-state index in [1.807, 2.05) is 29.3 Å². The van der Waals surface area contributed by atoms with Crippen molar-refractivity contribution in [1.82, 2.24) is 20.1 Å². The van der Waals surface area contributed by atoms with Crippen molar-refractivity contribution in [2.45, 2.75) is 19.8 Å². The molecule has 1 saturated heterocycles. The molecule has 0 spiro atoms. The van der Waals surface area contributed by atoms with Crippen LogP contribution >= 0.6 is 11.6 Å². The van der Waals surface area contributed by atoms with Gasteiger partial charge in [0.1, 0.15) is 0 Å². The predicted molar refractivity (Wildman–Crippen MR) is 103 cm³/mol. The van der Waals surface area contributed by atoms with E-state index in [0.29, 0.717) is 18.0 Å². The van der Waals surface area contributed by atoms with E-state index in [2.05, 4.69) is 22.1 Å². The van der Waals surface area contributed by atoms with Gasteiger partial charge in [-0.3, -0.25) is 9.59 Å². The number of carbonyl (C=O) groups is 2. The van der Waals surface area contributed by atoms with E-state index in [4.69, 9.17) is 11.6 Å². The van der Waals surface area contributed by atoms with Crippen LogP contribution in [0.25, 0.3) is 10.9 Å². The lowest BCUT2D eigenvalue weighted by Crippen LogP contribution is -2.49. The molecule has 1 aliphatic rings. The smallest absolute Gasteiger partial charge is 0.224 e. The maximum Gasteiger partial charge on any atom is 0.224 e. The zero-order valence-corrected chi connectivity index (χ0v) is 15.8. The highest BCUT2D eigenvalue weighted by molar-refractivity contribution is 6.31. The van der Waals surface area contributed by atoms with Crippen molar-refractivity contribution in [3.05, 3.63) is 35.0 Å². The lowest BCUT2D eigenvalue weighted by Gasteiger charge is -2.34. The molecule has 26 heavy (non-hydrogen) atoms. The molecule has 2 aromatic rings. The second kappa shape index (κ2) is 8.56. The Kier molecular flexibility index (Phi) is 6.16. The molecular weight excluding hydrogens is 352 g/mol. The van der Waals surface area contributed by atoms with E-state index in [1.165, 1.54) is 0 Å². The van der Waals surface area contributed by atoms with Gasteiger partial charge in [-0.1, -0.05) is 18.5 Å². The first kappa shape index (κ1) is 18.7. The molecule has 0 atom stereocenters. The molecule has 0 radical (unpaired) electrons. The van der Waals surface area contributed by atoms with Crippen LogP contribution in [0.2, 0.25) is 5.02 Å². The van der Waals surface area contributed by atoms with Crippen molar-refractivity contribution in [1.29, 1.82) is 0 Å². The van der Waals surface area contributed by atoms with Crippen molar-refractivity contribution < 1.29 is 9.59 Å². The largest absolute Gasteiger partial charge is 0.361 e. The minimum atomic E-state index is -0.0884. The average Bonchev–Trinajstić information content (AvgIpc) is 3.03. The highest BCUT2D eigenvalue weighted by Gasteiger charge is 2.19. The fourth-order valence-corrected chi connectivity index (χ4v) is 3.48. The maximum absolute atomic E-state index is 12.2. The third kappa shape index (κ3) is 4.56. The van der Waals surface area contributed by atoms with Crippen molar-refractivity contribution in [2.24, 2.45) is 0 Å². The summed E-state index contributed by atoms with van der Waals surface area (Å²) in [5.41, 5.74) is 1.86. The van der Waals surface area contributed by atoms with Crippen LogP contribution in [0.1, 0.15) is 18.9 Å². The normalized spacial score (nSPS) is 15.4. The molecule has 1 aromatic heterocycles. The van der Waals surface area contributed by atoms with E-state index >= 15 is 0 Å². The van der Waals surface area contributed by atoms with Crippen molar-refractivity contribution >= 4 is 34.3 Å². The Bertz CT molecular complexity index is 781. The number of aromatic amines is 1. The molecule has 0 aliphatic carbocycles. The third-order valence-corrected chi connectivity index (χ3v) is 5.15. The highest BCUT2D eigenvalue weighted by atomic mass is 35.5. The zero-order chi connectivity index (χ0) is 18.5. The number of piperazine rings is 1. The van der Waals surface area contributed by atoms with Gasteiger partial charge in [-0.2, -0.15) is 0 Å². The Balaban J connectivity index is 1.44. The van der Waals surface area contributed by atoms with Crippen LogP contribution in [0.15, 0.2) is 24.4 Å². The van der Waals surface area contributed by atoms with Gasteiger partial charge in [-0.05, 0) is 30.3 Å². The summed E-state index contributed by atoms with van der Waals surface area (Å²) in [6, 6.07) is 5.57. The second-order valence-corrected chi connectivity index (χ2v) is 7.03. The summed E-state index contributed by atoms with van der Waals surface area (Å²) in [5.74, 6) is 0.0226.